The third-order valence-electron chi connectivity index (χ3n) is 6.00. The van der Waals surface area contributed by atoms with Gasteiger partial charge in [-0.2, -0.15) is 0 Å². The molecule has 0 radical (unpaired) electrons. The molecule has 1 saturated heterocycles. The lowest BCUT2D eigenvalue weighted by molar-refractivity contribution is 0.102. The SMILES string of the molecule is Cc1nc(N2CCC3(CC2)CC3)c(C(=O)Nc2cccc([S@@](C)(=N)=O)c2)cc1Cl. The number of nitrogens with one attached hydrogen (secondary N) is 2. The summed E-state index contributed by atoms with van der Waals surface area (Å²) < 4.78 is 19.8. The largest absolute Gasteiger partial charge is 0.356 e. The van der Waals surface area contributed by atoms with Gasteiger partial charge in [0.15, 0.2) is 0 Å². The number of hydrogen-bond acceptors (Lipinski definition) is 5. The summed E-state index contributed by atoms with van der Waals surface area (Å²) >= 11 is 6.29. The van der Waals surface area contributed by atoms with Crippen molar-refractivity contribution in [3.8, 4) is 0 Å². The Labute approximate surface area is 176 Å². The van der Waals surface area contributed by atoms with Gasteiger partial charge in [0, 0.05) is 29.9 Å². The monoisotopic (exact) mass is 432 g/mol. The van der Waals surface area contributed by atoms with E-state index in [1.165, 1.54) is 19.1 Å². The van der Waals surface area contributed by atoms with Crippen molar-refractivity contribution in [3.63, 3.8) is 0 Å². The van der Waals surface area contributed by atoms with Crippen LogP contribution >= 0.6 is 11.6 Å². The maximum absolute atomic E-state index is 13.1. The van der Waals surface area contributed by atoms with Crippen LogP contribution in [0.1, 0.15) is 41.7 Å². The quantitative estimate of drug-likeness (QED) is 0.732. The van der Waals surface area contributed by atoms with E-state index in [4.69, 9.17) is 16.4 Å². The van der Waals surface area contributed by atoms with Gasteiger partial charge >= 0.3 is 0 Å². The predicted octanol–water partition coefficient (Wildman–Crippen LogP) is 4.71. The highest BCUT2D eigenvalue weighted by atomic mass is 35.5. The highest BCUT2D eigenvalue weighted by Crippen LogP contribution is 2.54. The van der Waals surface area contributed by atoms with Crippen LogP contribution in [0.2, 0.25) is 5.02 Å². The molecule has 1 aliphatic heterocycles. The Hall–Kier alpha value is -2.12. The zero-order valence-corrected chi connectivity index (χ0v) is 18.2. The lowest BCUT2D eigenvalue weighted by Gasteiger charge is -2.34. The van der Waals surface area contributed by atoms with E-state index in [1.54, 1.807) is 30.3 Å². The summed E-state index contributed by atoms with van der Waals surface area (Å²) in [5, 5.41) is 3.30. The number of rotatable bonds is 4. The number of benzene rings is 1. The first-order valence-electron chi connectivity index (χ1n) is 9.74. The Kier molecular flexibility index (Phi) is 5.07. The predicted molar refractivity (Wildman–Crippen MR) is 117 cm³/mol. The van der Waals surface area contributed by atoms with Crippen LogP contribution < -0.4 is 10.2 Å². The zero-order chi connectivity index (χ0) is 20.8. The average molecular weight is 433 g/mol. The topological polar surface area (TPSA) is 86.2 Å². The standard InChI is InChI=1S/C21H25ClN4O2S/c1-14-18(22)13-17(19(24-14)26-10-8-21(6-7-21)9-11-26)20(27)25-15-4-3-5-16(12-15)29(2,23)28/h3-5,12-13,23H,6-11H2,1-2H3,(H,25,27)/t29-/m0/s1. The fourth-order valence-electron chi connectivity index (χ4n) is 3.86. The Morgan fingerprint density at radius 3 is 2.55 bits per heavy atom. The summed E-state index contributed by atoms with van der Waals surface area (Å²) in [6.45, 7) is 3.62. The van der Waals surface area contributed by atoms with Crippen molar-refractivity contribution in [2.45, 2.75) is 37.5 Å². The Balaban J connectivity index is 1.62. The number of carbonyl (C=O) groups is 1. The summed E-state index contributed by atoms with van der Waals surface area (Å²) in [5.41, 5.74) is 2.16. The molecule has 1 amide bonds. The molecule has 2 aromatic rings. The second-order valence-electron chi connectivity index (χ2n) is 8.24. The molecule has 29 heavy (non-hydrogen) atoms. The summed E-state index contributed by atoms with van der Waals surface area (Å²) in [6, 6.07) is 8.28. The number of anilines is 2. The van der Waals surface area contributed by atoms with Gasteiger partial charge in [0.25, 0.3) is 5.91 Å². The number of piperidine rings is 1. The van der Waals surface area contributed by atoms with Crippen molar-refractivity contribution in [1.82, 2.24) is 4.98 Å². The maximum atomic E-state index is 13.1. The van der Waals surface area contributed by atoms with E-state index in [0.29, 0.717) is 38.1 Å². The zero-order valence-electron chi connectivity index (χ0n) is 16.6. The van der Waals surface area contributed by atoms with Gasteiger partial charge in [-0.25, -0.2) is 14.0 Å². The number of halogens is 1. The first-order chi connectivity index (χ1) is 13.7. The van der Waals surface area contributed by atoms with Gasteiger partial charge in [0.2, 0.25) is 0 Å². The minimum Gasteiger partial charge on any atom is -0.356 e. The smallest absolute Gasteiger partial charge is 0.259 e. The van der Waals surface area contributed by atoms with Crippen LogP contribution in [0.5, 0.6) is 0 Å². The highest BCUT2D eigenvalue weighted by molar-refractivity contribution is 7.91. The van der Waals surface area contributed by atoms with Crippen LogP contribution in [0.25, 0.3) is 0 Å². The average Bonchev–Trinajstić information content (AvgIpc) is 3.43. The van der Waals surface area contributed by atoms with Crippen molar-refractivity contribution in [3.05, 3.63) is 46.6 Å². The van der Waals surface area contributed by atoms with Gasteiger partial charge in [0.05, 0.1) is 26.0 Å². The number of nitrogens with zero attached hydrogens (tertiary/aromatic N) is 2. The summed E-state index contributed by atoms with van der Waals surface area (Å²) in [5.74, 6) is 0.349. The number of amides is 1. The van der Waals surface area contributed by atoms with E-state index < -0.39 is 9.73 Å². The van der Waals surface area contributed by atoms with Gasteiger partial charge in [-0.3, -0.25) is 4.79 Å². The molecule has 2 fully saturated rings. The molecule has 154 valence electrons. The highest BCUT2D eigenvalue weighted by Gasteiger charge is 2.44. The number of pyridine rings is 1. The minimum atomic E-state index is -2.86. The number of aromatic nitrogens is 1. The molecule has 8 heteroatoms. The lowest BCUT2D eigenvalue weighted by atomic mass is 9.93. The molecule has 1 atom stereocenters. The third kappa shape index (κ3) is 4.26. The van der Waals surface area contributed by atoms with Crippen molar-refractivity contribution in [1.29, 1.82) is 4.78 Å². The molecule has 2 aliphatic rings. The van der Waals surface area contributed by atoms with E-state index in [-0.39, 0.29) is 5.91 Å². The summed E-state index contributed by atoms with van der Waals surface area (Å²) in [6.07, 6.45) is 6.25. The van der Waals surface area contributed by atoms with Gasteiger partial charge in [-0.15, -0.1) is 0 Å². The van der Waals surface area contributed by atoms with E-state index in [2.05, 4.69) is 15.2 Å². The van der Waals surface area contributed by atoms with E-state index in [9.17, 15) is 9.00 Å². The second-order valence-corrected chi connectivity index (χ2v) is 10.8. The van der Waals surface area contributed by atoms with Gasteiger partial charge < -0.3 is 10.2 Å². The fraction of sp³-hybridized carbons (Fsp3) is 0.429. The van der Waals surface area contributed by atoms with Crippen LogP contribution in [0.15, 0.2) is 35.2 Å². The molecule has 1 spiro atoms. The van der Waals surface area contributed by atoms with Crippen LogP contribution in [0, 0.1) is 17.1 Å². The van der Waals surface area contributed by atoms with Crippen molar-refractivity contribution in [2.24, 2.45) is 5.41 Å². The molecule has 4 rings (SSSR count). The van der Waals surface area contributed by atoms with Crippen molar-refractivity contribution < 1.29 is 9.00 Å². The number of carbonyl (C=O) groups excluding carboxylic acids is 1. The molecule has 6 nitrogen and oxygen atoms in total. The van der Waals surface area contributed by atoms with E-state index in [1.807, 2.05) is 6.92 Å². The normalized spacial score (nSPS) is 19.6. The molecule has 2 N–H and O–H groups in total. The Bertz CT molecular complexity index is 1070. The summed E-state index contributed by atoms with van der Waals surface area (Å²) in [4.78, 5) is 20.3. The van der Waals surface area contributed by atoms with Gasteiger partial charge in [-0.05, 0) is 62.3 Å². The maximum Gasteiger partial charge on any atom is 0.259 e. The van der Waals surface area contributed by atoms with Crippen LogP contribution in [-0.2, 0) is 9.73 Å². The van der Waals surface area contributed by atoms with Crippen molar-refractivity contribution >= 4 is 38.7 Å². The molecule has 1 aliphatic carbocycles. The molecule has 1 aromatic carbocycles. The van der Waals surface area contributed by atoms with Crippen LogP contribution in [0.3, 0.4) is 0 Å². The molecule has 0 unspecified atom stereocenters. The Morgan fingerprint density at radius 2 is 1.93 bits per heavy atom. The molecule has 1 saturated carbocycles. The van der Waals surface area contributed by atoms with Crippen molar-refractivity contribution in [2.75, 3.05) is 29.6 Å². The first kappa shape index (κ1) is 20.2. The molecular formula is C21H25ClN4O2S. The first-order valence-corrected chi connectivity index (χ1v) is 12.1. The summed E-state index contributed by atoms with van der Waals surface area (Å²) in [7, 11) is -2.86. The molecule has 2 heterocycles. The van der Waals surface area contributed by atoms with Crippen LogP contribution in [0.4, 0.5) is 11.5 Å². The van der Waals surface area contributed by atoms with Crippen LogP contribution in [-0.4, -0.2) is 34.4 Å². The second kappa shape index (κ2) is 7.29. The lowest BCUT2D eigenvalue weighted by Crippen LogP contribution is -2.36. The molecule has 0 bridgehead atoms. The molecule has 1 aromatic heterocycles. The van der Waals surface area contributed by atoms with Gasteiger partial charge in [-0.1, -0.05) is 17.7 Å². The van der Waals surface area contributed by atoms with Gasteiger partial charge in [0.1, 0.15) is 5.82 Å². The number of hydrogen-bond donors (Lipinski definition) is 2. The Morgan fingerprint density at radius 1 is 1.24 bits per heavy atom. The fourth-order valence-corrected chi connectivity index (χ4v) is 4.70. The van der Waals surface area contributed by atoms with E-state index in [0.717, 1.165) is 25.9 Å². The number of aryl methyl sites for hydroxylation is 1. The molecular weight excluding hydrogens is 408 g/mol. The van der Waals surface area contributed by atoms with E-state index >= 15 is 0 Å². The minimum absolute atomic E-state index is 0.314. The third-order valence-corrected chi connectivity index (χ3v) is 7.53.